The Morgan fingerprint density at radius 2 is 1.79 bits per heavy atom. The molecular formula is C20H22F2N6. The first kappa shape index (κ1) is 17.5. The third-order valence-corrected chi connectivity index (χ3v) is 6.18. The molecule has 0 aromatic carbocycles. The number of nitrogens with one attached hydrogen (secondary N) is 1. The van der Waals surface area contributed by atoms with Gasteiger partial charge in [-0.2, -0.15) is 5.10 Å². The van der Waals surface area contributed by atoms with Crippen molar-refractivity contribution >= 4 is 17.4 Å². The first-order valence-corrected chi connectivity index (χ1v) is 9.79. The smallest absolute Gasteiger partial charge is 0.248 e. The monoisotopic (exact) mass is 384 g/mol. The van der Waals surface area contributed by atoms with Gasteiger partial charge < -0.3 is 5.32 Å². The molecule has 0 saturated heterocycles. The fraction of sp³-hybridized carbons (Fsp3) is 0.500. The Hall–Kier alpha value is -2.64. The fourth-order valence-corrected chi connectivity index (χ4v) is 4.39. The van der Waals surface area contributed by atoms with E-state index >= 15 is 0 Å². The van der Waals surface area contributed by atoms with Crippen LogP contribution in [0.2, 0.25) is 0 Å². The van der Waals surface area contributed by atoms with Crippen LogP contribution in [-0.4, -0.2) is 31.5 Å². The molecule has 3 aliphatic rings. The van der Waals surface area contributed by atoms with E-state index in [9.17, 15) is 8.78 Å². The second kappa shape index (κ2) is 6.46. The van der Waals surface area contributed by atoms with Gasteiger partial charge in [-0.05, 0) is 31.7 Å². The lowest BCUT2D eigenvalue weighted by Gasteiger charge is -2.38. The van der Waals surface area contributed by atoms with Crippen molar-refractivity contribution in [1.82, 2.24) is 25.1 Å². The molecule has 5 rings (SSSR count). The SMILES string of the molecule is C=C1NC(C2CCC2c2ncccn2)=Nc2c1cnn2C1CCC(F)(F)CC1. The highest BCUT2D eigenvalue weighted by atomic mass is 19.3. The molecule has 2 fully saturated rings. The van der Waals surface area contributed by atoms with Crippen molar-refractivity contribution in [2.45, 2.75) is 56.4 Å². The Morgan fingerprint density at radius 3 is 2.46 bits per heavy atom. The van der Waals surface area contributed by atoms with Gasteiger partial charge in [-0.15, -0.1) is 0 Å². The molecule has 0 bridgehead atoms. The Labute approximate surface area is 161 Å². The van der Waals surface area contributed by atoms with E-state index in [1.54, 1.807) is 18.6 Å². The molecule has 2 unspecified atom stereocenters. The molecular weight excluding hydrogens is 362 g/mol. The number of alkyl halides is 2. The summed E-state index contributed by atoms with van der Waals surface area (Å²) in [5.74, 6) is 0.288. The summed E-state index contributed by atoms with van der Waals surface area (Å²) in [5, 5.41) is 7.80. The maximum atomic E-state index is 13.6. The normalized spacial score (nSPS) is 26.8. The zero-order chi connectivity index (χ0) is 19.3. The number of amidine groups is 1. The summed E-state index contributed by atoms with van der Waals surface area (Å²) >= 11 is 0. The molecule has 28 heavy (non-hydrogen) atoms. The van der Waals surface area contributed by atoms with E-state index in [1.807, 2.05) is 10.7 Å². The molecule has 1 aliphatic heterocycles. The molecule has 0 radical (unpaired) electrons. The van der Waals surface area contributed by atoms with E-state index in [1.165, 1.54) is 0 Å². The zero-order valence-corrected chi connectivity index (χ0v) is 15.5. The second-order valence-corrected chi connectivity index (χ2v) is 7.91. The lowest BCUT2D eigenvalue weighted by atomic mass is 9.72. The van der Waals surface area contributed by atoms with E-state index in [0.717, 1.165) is 41.6 Å². The molecule has 1 N–H and O–H groups in total. The maximum absolute atomic E-state index is 13.6. The highest BCUT2D eigenvalue weighted by Crippen LogP contribution is 2.45. The molecule has 2 saturated carbocycles. The molecule has 2 aromatic heterocycles. The molecule has 146 valence electrons. The number of rotatable bonds is 3. The second-order valence-electron chi connectivity index (χ2n) is 7.91. The standard InChI is InChI=1S/C20H22F2N6/c1-12-16-11-25-28(13-5-7-20(21,22)8-6-13)19(16)27-18(26-12)15-4-3-14(15)17-23-9-2-10-24-17/h2,9-11,13-15H,1,3-8H2,(H,26,27). The van der Waals surface area contributed by atoms with Crippen molar-refractivity contribution < 1.29 is 8.78 Å². The van der Waals surface area contributed by atoms with Gasteiger partial charge >= 0.3 is 0 Å². The topological polar surface area (TPSA) is 68.0 Å². The summed E-state index contributed by atoms with van der Waals surface area (Å²) < 4.78 is 28.9. The van der Waals surface area contributed by atoms with Crippen molar-refractivity contribution in [3.8, 4) is 0 Å². The Bertz CT molecular complexity index is 925. The lowest BCUT2D eigenvalue weighted by molar-refractivity contribution is -0.0448. The van der Waals surface area contributed by atoms with Gasteiger partial charge in [-0.25, -0.2) is 28.4 Å². The van der Waals surface area contributed by atoms with Crippen molar-refractivity contribution in [2.75, 3.05) is 0 Å². The Morgan fingerprint density at radius 1 is 1.07 bits per heavy atom. The number of nitrogens with zero attached hydrogens (tertiary/aromatic N) is 5. The zero-order valence-electron chi connectivity index (χ0n) is 15.5. The van der Waals surface area contributed by atoms with E-state index < -0.39 is 5.92 Å². The van der Waals surface area contributed by atoms with Crippen LogP contribution >= 0.6 is 0 Å². The van der Waals surface area contributed by atoms with Crippen LogP contribution < -0.4 is 5.32 Å². The molecule has 0 spiro atoms. The summed E-state index contributed by atoms with van der Waals surface area (Å²) in [6.07, 6.45) is 7.91. The molecule has 2 aromatic rings. The van der Waals surface area contributed by atoms with E-state index in [-0.39, 0.29) is 30.7 Å². The average molecular weight is 384 g/mol. The van der Waals surface area contributed by atoms with Gasteiger partial charge in [0.25, 0.3) is 0 Å². The van der Waals surface area contributed by atoms with Crippen LogP contribution in [-0.2, 0) is 0 Å². The maximum Gasteiger partial charge on any atom is 0.248 e. The molecule has 6 nitrogen and oxygen atoms in total. The van der Waals surface area contributed by atoms with Crippen molar-refractivity contribution in [2.24, 2.45) is 10.9 Å². The van der Waals surface area contributed by atoms with E-state index in [2.05, 4.69) is 27.0 Å². The summed E-state index contributed by atoms with van der Waals surface area (Å²) in [7, 11) is 0. The van der Waals surface area contributed by atoms with Crippen molar-refractivity contribution in [1.29, 1.82) is 0 Å². The third kappa shape index (κ3) is 2.91. The predicted molar refractivity (Wildman–Crippen MR) is 101 cm³/mol. The number of aromatic nitrogens is 4. The lowest BCUT2D eigenvalue weighted by Crippen LogP contribution is -2.40. The van der Waals surface area contributed by atoms with Crippen LogP contribution in [0.25, 0.3) is 5.70 Å². The average Bonchev–Trinajstić information content (AvgIpc) is 3.06. The largest absolute Gasteiger partial charge is 0.343 e. The number of hydrogen-bond donors (Lipinski definition) is 1. The van der Waals surface area contributed by atoms with Crippen molar-refractivity contribution in [3.05, 3.63) is 42.6 Å². The summed E-state index contributed by atoms with van der Waals surface area (Å²) in [5.41, 5.74) is 1.60. The minimum absolute atomic E-state index is 0.0473. The van der Waals surface area contributed by atoms with Gasteiger partial charge in [0, 0.05) is 42.8 Å². The molecule has 0 amide bonds. The van der Waals surface area contributed by atoms with Crippen LogP contribution in [0.4, 0.5) is 14.6 Å². The molecule has 3 heterocycles. The van der Waals surface area contributed by atoms with Gasteiger partial charge in [0.05, 0.1) is 17.8 Å². The van der Waals surface area contributed by atoms with E-state index in [0.29, 0.717) is 12.8 Å². The summed E-state index contributed by atoms with van der Waals surface area (Å²) in [6.45, 7) is 4.13. The highest BCUT2D eigenvalue weighted by Gasteiger charge is 2.41. The van der Waals surface area contributed by atoms with E-state index in [4.69, 9.17) is 4.99 Å². The minimum atomic E-state index is -2.56. The van der Waals surface area contributed by atoms with Crippen LogP contribution in [0.1, 0.15) is 61.9 Å². The first-order valence-electron chi connectivity index (χ1n) is 9.79. The van der Waals surface area contributed by atoms with Crippen LogP contribution in [0.3, 0.4) is 0 Å². The summed E-state index contributed by atoms with van der Waals surface area (Å²) in [6, 6.07) is 1.77. The molecule has 2 aliphatic carbocycles. The van der Waals surface area contributed by atoms with Gasteiger partial charge in [0.2, 0.25) is 5.92 Å². The third-order valence-electron chi connectivity index (χ3n) is 6.18. The van der Waals surface area contributed by atoms with Crippen LogP contribution in [0.15, 0.2) is 36.2 Å². The number of aliphatic imine (C=N–C) groups is 1. The van der Waals surface area contributed by atoms with Crippen molar-refractivity contribution in [3.63, 3.8) is 0 Å². The van der Waals surface area contributed by atoms with Gasteiger partial charge in [-0.3, -0.25) is 0 Å². The minimum Gasteiger partial charge on any atom is -0.343 e. The number of hydrogen-bond acceptors (Lipinski definition) is 5. The molecule has 2 atom stereocenters. The molecule has 8 heteroatoms. The summed E-state index contributed by atoms with van der Waals surface area (Å²) in [4.78, 5) is 13.7. The predicted octanol–water partition coefficient (Wildman–Crippen LogP) is 4.22. The quantitative estimate of drug-likeness (QED) is 0.860. The first-order chi connectivity index (χ1) is 13.5. The van der Waals surface area contributed by atoms with Gasteiger partial charge in [-0.1, -0.05) is 6.58 Å². The Balaban J connectivity index is 1.43. The highest BCUT2D eigenvalue weighted by molar-refractivity contribution is 5.99. The van der Waals surface area contributed by atoms with Crippen LogP contribution in [0.5, 0.6) is 0 Å². The number of fused-ring (bicyclic) bond motifs is 1. The van der Waals surface area contributed by atoms with Crippen LogP contribution in [0, 0.1) is 5.92 Å². The van der Waals surface area contributed by atoms with Gasteiger partial charge in [0.15, 0.2) is 5.82 Å². The van der Waals surface area contributed by atoms with Gasteiger partial charge in [0.1, 0.15) is 11.7 Å². The fourth-order valence-electron chi connectivity index (χ4n) is 4.39. The number of halogens is 2. The Kier molecular flexibility index (Phi) is 4.03.